The summed E-state index contributed by atoms with van der Waals surface area (Å²) >= 11 is 0. The highest BCUT2D eigenvalue weighted by atomic mass is 32.2. The first-order valence-electron chi connectivity index (χ1n) is 20.2. The number of nitrogens with two attached hydrogens (primary N) is 2. The molecule has 0 amide bonds. The van der Waals surface area contributed by atoms with Gasteiger partial charge < -0.3 is 0 Å². The molecule has 0 aliphatic heterocycles. The van der Waals surface area contributed by atoms with Crippen LogP contribution in [-0.2, 0) is 32.8 Å². The van der Waals surface area contributed by atoms with Crippen LogP contribution in [0.4, 0.5) is 37.7 Å². The molecule has 12 nitrogen and oxygen atoms in total. The summed E-state index contributed by atoms with van der Waals surface area (Å²) in [5, 5.41) is 24.6. The van der Waals surface area contributed by atoms with Gasteiger partial charge in [-0.05, 0) is 122 Å². The maximum Gasteiger partial charge on any atom is 0.435 e. The lowest BCUT2D eigenvalue weighted by atomic mass is 9.94. The normalized spacial score (nSPS) is 12.4. The van der Waals surface area contributed by atoms with Crippen molar-refractivity contribution in [2.24, 2.45) is 10.3 Å². The molecule has 0 spiro atoms. The van der Waals surface area contributed by atoms with E-state index >= 15 is 0 Å². The van der Waals surface area contributed by atoms with Crippen LogP contribution in [0.15, 0.2) is 170 Å². The number of fused-ring (bicyclic) bond motifs is 4. The molecule has 0 aliphatic rings. The fraction of sp³-hybridized carbons (Fsp3) is 0.0417. The molecule has 0 saturated carbocycles. The molecule has 10 rings (SSSR count). The van der Waals surface area contributed by atoms with Crippen LogP contribution in [0.5, 0.6) is 0 Å². The molecule has 344 valence electrons. The van der Waals surface area contributed by atoms with E-state index in [-0.39, 0.29) is 22.8 Å². The number of rotatable bonds is 8. The van der Waals surface area contributed by atoms with Crippen LogP contribution in [0.1, 0.15) is 11.4 Å². The molecule has 0 bridgehead atoms. The van der Waals surface area contributed by atoms with Crippen LogP contribution in [-0.4, -0.2) is 36.4 Å². The first-order valence-corrected chi connectivity index (χ1v) is 23.3. The van der Waals surface area contributed by atoms with Crippen molar-refractivity contribution in [3.8, 4) is 33.9 Å². The number of anilines is 2. The number of nitrogens with one attached hydrogen (secondary N) is 2. The highest BCUT2D eigenvalue weighted by molar-refractivity contribution is 7.90. The van der Waals surface area contributed by atoms with Gasteiger partial charge in [0.2, 0.25) is 0 Å². The Balaban J connectivity index is 0.000000170. The largest absolute Gasteiger partial charge is 0.435 e. The first-order chi connectivity index (χ1) is 32.2. The summed E-state index contributed by atoms with van der Waals surface area (Å²) in [5.41, 5.74) is 0.623. The maximum atomic E-state index is 13.7. The Hall–Kier alpha value is -7.78. The van der Waals surface area contributed by atoms with Crippen LogP contribution in [0.25, 0.3) is 77.0 Å². The van der Waals surface area contributed by atoms with E-state index in [2.05, 4.69) is 19.6 Å². The molecule has 0 fully saturated rings. The lowest BCUT2D eigenvalue weighted by Crippen LogP contribution is -2.21. The third kappa shape index (κ3) is 9.56. The van der Waals surface area contributed by atoms with Crippen molar-refractivity contribution in [1.29, 1.82) is 0 Å². The molecule has 0 atom stereocenters. The average molecular weight is 965 g/mol. The minimum atomic E-state index is -4.66. The minimum absolute atomic E-state index is 0.173. The number of hydrogen-bond donors (Lipinski definition) is 4. The van der Waals surface area contributed by atoms with Crippen molar-refractivity contribution in [1.82, 2.24) is 19.6 Å². The molecule has 0 saturated heterocycles. The Morgan fingerprint density at radius 3 is 1.28 bits per heavy atom. The van der Waals surface area contributed by atoms with Crippen molar-refractivity contribution in [2.75, 3.05) is 9.44 Å². The molecule has 8 aromatic carbocycles. The van der Waals surface area contributed by atoms with Gasteiger partial charge in [0.05, 0.1) is 22.8 Å². The number of aromatic nitrogens is 4. The Morgan fingerprint density at radius 2 is 0.809 bits per heavy atom. The summed E-state index contributed by atoms with van der Waals surface area (Å²) in [4.78, 5) is 0. The van der Waals surface area contributed by atoms with Crippen LogP contribution in [0, 0.1) is 0 Å². The number of nitrogens with zero attached hydrogens (tertiary/aromatic N) is 4. The zero-order valence-corrected chi connectivity index (χ0v) is 36.5. The number of halogens is 6. The van der Waals surface area contributed by atoms with Gasteiger partial charge in [0.25, 0.3) is 20.4 Å². The van der Waals surface area contributed by atoms with E-state index in [0.717, 1.165) is 55.2 Å². The second kappa shape index (κ2) is 17.1. The minimum Gasteiger partial charge on any atom is -0.271 e. The summed E-state index contributed by atoms with van der Waals surface area (Å²) in [5.74, 6) is 0. The monoisotopic (exact) mass is 964 g/mol. The Kier molecular flexibility index (Phi) is 11.4. The lowest BCUT2D eigenvalue weighted by Gasteiger charge is -2.14. The predicted octanol–water partition coefficient (Wildman–Crippen LogP) is 11.0. The quantitative estimate of drug-likeness (QED) is 0.0869. The fourth-order valence-corrected chi connectivity index (χ4v) is 8.88. The summed E-state index contributed by atoms with van der Waals surface area (Å²) in [6.07, 6.45) is -9.30. The second-order valence-electron chi connectivity index (χ2n) is 15.5. The highest BCUT2D eigenvalue weighted by Crippen LogP contribution is 2.41. The molecule has 20 heteroatoms. The molecule has 0 aliphatic carbocycles. The van der Waals surface area contributed by atoms with Gasteiger partial charge in [0.1, 0.15) is 0 Å². The summed E-state index contributed by atoms with van der Waals surface area (Å²) in [6, 6.07) is 47.6. The van der Waals surface area contributed by atoms with Gasteiger partial charge in [0, 0.05) is 22.5 Å². The molecule has 68 heavy (non-hydrogen) atoms. The topological polar surface area (TPSA) is 180 Å². The summed E-state index contributed by atoms with van der Waals surface area (Å²) < 4.78 is 134. The van der Waals surface area contributed by atoms with E-state index in [9.17, 15) is 43.2 Å². The second-order valence-corrected chi connectivity index (χ2v) is 18.0. The van der Waals surface area contributed by atoms with Crippen LogP contribution < -0.4 is 19.7 Å². The Labute approximate surface area is 383 Å². The summed E-state index contributed by atoms with van der Waals surface area (Å²) in [7, 11) is -7.98. The third-order valence-electron chi connectivity index (χ3n) is 10.8. The van der Waals surface area contributed by atoms with Gasteiger partial charge in [-0.25, -0.2) is 19.6 Å². The molecular weight excluding hydrogens is 931 g/mol. The molecule has 2 aromatic heterocycles. The predicted molar refractivity (Wildman–Crippen MR) is 251 cm³/mol. The number of benzene rings is 8. The van der Waals surface area contributed by atoms with Gasteiger partial charge >= 0.3 is 12.4 Å². The van der Waals surface area contributed by atoms with Crippen molar-refractivity contribution in [2.45, 2.75) is 12.4 Å². The number of hydrogen-bond acceptors (Lipinski definition) is 6. The van der Waals surface area contributed by atoms with E-state index in [4.69, 9.17) is 10.3 Å². The van der Waals surface area contributed by atoms with E-state index in [1.165, 1.54) is 57.9 Å². The fourth-order valence-electron chi connectivity index (χ4n) is 7.95. The molecule has 2 heterocycles. The van der Waals surface area contributed by atoms with Crippen molar-refractivity contribution in [3.63, 3.8) is 0 Å². The third-order valence-corrected chi connectivity index (χ3v) is 11.8. The van der Waals surface area contributed by atoms with Crippen molar-refractivity contribution >= 4 is 74.9 Å². The average Bonchev–Trinajstić information content (AvgIpc) is 3.94. The van der Waals surface area contributed by atoms with Gasteiger partial charge in [-0.2, -0.15) is 53.4 Å². The van der Waals surface area contributed by atoms with Gasteiger partial charge in [-0.1, -0.05) is 91.0 Å². The zero-order chi connectivity index (χ0) is 48.2. The first kappa shape index (κ1) is 45.4. The van der Waals surface area contributed by atoms with Crippen LogP contribution in [0.2, 0.25) is 0 Å². The Morgan fingerprint density at radius 1 is 0.426 bits per heavy atom. The van der Waals surface area contributed by atoms with Crippen LogP contribution in [0.3, 0.4) is 0 Å². The molecule has 0 unspecified atom stereocenters. The van der Waals surface area contributed by atoms with Crippen molar-refractivity contribution < 1.29 is 43.2 Å². The molecule has 6 N–H and O–H groups in total. The van der Waals surface area contributed by atoms with E-state index in [1.54, 1.807) is 12.1 Å². The Bertz CT molecular complexity index is 3710. The molecule has 0 radical (unpaired) electrons. The van der Waals surface area contributed by atoms with E-state index < -0.39 is 44.2 Å². The molecular formula is C48H34F6N8O4S2. The SMILES string of the molecule is NS(=O)(=O)Nc1ccc(-n2nc(C(F)(F)F)cc2-c2c3ccccc3cc3ccccc23)cc1.NS(=O)(=O)Nc1ccc(-n2nc(C(F)(F)F)cc2-c2cccc3cc4ccccc4cc23)cc1. The maximum absolute atomic E-state index is 13.7. The van der Waals surface area contributed by atoms with Crippen molar-refractivity contribution in [3.05, 3.63) is 181 Å². The smallest absolute Gasteiger partial charge is 0.271 e. The van der Waals surface area contributed by atoms with Gasteiger partial charge in [-0.3, -0.25) is 9.44 Å². The summed E-state index contributed by atoms with van der Waals surface area (Å²) in [6.45, 7) is 0. The van der Waals surface area contributed by atoms with Gasteiger partial charge in [0.15, 0.2) is 11.4 Å². The highest BCUT2D eigenvalue weighted by Gasteiger charge is 2.37. The van der Waals surface area contributed by atoms with E-state index in [1.807, 2.05) is 97.1 Å². The van der Waals surface area contributed by atoms with Gasteiger partial charge in [-0.15, -0.1) is 0 Å². The zero-order valence-electron chi connectivity index (χ0n) is 34.8. The molecule has 10 aromatic rings. The lowest BCUT2D eigenvalue weighted by molar-refractivity contribution is -0.142. The van der Waals surface area contributed by atoms with Crippen LogP contribution >= 0.6 is 0 Å². The van der Waals surface area contributed by atoms with E-state index in [0.29, 0.717) is 22.5 Å². The standard InChI is InChI=1S/2C24H17F3N4O2S/c25-24(26,27)22-14-21(31(29-22)18-11-9-17(10-12-18)30-34(28,32)33)23-19-7-3-1-5-15(19)13-16-6-2-4-8-20(16)23;25-24(26,27)23-14-22(31(29-23)19-10-8-18(9-11-19)30-34(28,32)33)20-7-3-6-17-12-15-4-1-2-5-16(15)13-21(17)20/h2*1-14,30H,(H2,28,32,33). The number of alkyl halides is 6.